The van der Waals surface area contributed by atoms with E-state index >= 15 is 0 Å². The van der Waals surface area contributed by atoms with Gasteiger partial charge in [0.15, 0.2) is 17.5 Å². The Balaban J connectivity index is 0.00000306. The number of aromatic nitrogens is 1. The van der Waals surface area contributed by atoms with Crippen molar-refractivity contribution in [2.45, 2.75) is 52.1 Å². The number of pyridine rings is 1. The van der Waals surface area contributed by atoms with Crippen LogP contribution in [0.15, 0.2) is 41.5 Å². The number of nitrogens with zero attached hydrogens (tertiary/aromatic N) is 3. The van der Waals surface area contributed by atoms with E-state index in [4.69, 9.17) is 9.73 Å². The smallest absolute Gasteiger partial charge is 0.192 e. The number of nitrogens with one attached hydrogen (secondary N) is 2. The Kier molecular flexibility index (Phi) is 9.58. The molecular weight excluding hydrogens is 532 g/mol. The molecule has 180 valence electrons. The Morgan fingerprint density at radius 2 is 2.03 bits per heavy atom. The molecule has 1 unspecified atom stereocenters. The molecule has 1 aromatic carbocycles. The molecule has 2 N–H and O–H groups in total. The molecule has 1 saturated heterocycles. The van der Waals surface area contributed by atoms with E-state index in [1.165, 1.54) is 25.7 Å². The van der Waals surface area contributed by atoms with Gasteiger partial charge in [0, 0.05) is 25.8 Å². The van der Waals surface area contributed by atoms with Gasteiger partial charge in [-0.2, -0.15) is 0 Å². The zero-order valence-corrected chi connectivity index (χ0v) is 21.8. The average molecular weight is 567 g/mol. The highest BCUT2D eigenvalue weighted by molar-refractivity contribution is 14.0. The summed E-state index contributed by atoms with van der Waals surface area (Å²) in [5.74, 6) is 2.35. The maximum Gasteiger partial charge on any atom is 0.192 e. The molecule has 1 aromatic heterocycles. The summed E-state index contributed by atoms with van der Waals surface area (Å²) < 4.78 is 20.1. The fourth-order valence-corrected chi connectivity index (χ4v) is 3.85. The van der Waals surface area contributed by atoms with Crippen molar-refractivity contribution in [2.75, 3.05) is 31.1 Å². The van der Waals surface area contributed by atoms with Gasteiger partial charge >= 0.3 is 0 Å². The van der Waals surface area contributed by atoms with Gasteiger partial charge in [-0.3, -0.25) is 0 Å². The van der Waals surface area contributed by atoms with Crippen molar-refractivity contribution in [1.82, 2.24) is 15.6 Å². The average Bonchev–Trinajstić information content (AvgIpc) is 3.47. The molecule has 2 aliphatic rings. The second-order valence-electron chi connectivity index (χ2n) is 8.72. The fraction of sp³-hybridized carbons (Fsp3) is 0.520. The Bertz CT molecular complexity index is 931. The second kappa shape index (κ2) is 12.4. The molecular formula is C25H35FIN5O. The molecule has 0 spiro atoms. The first-order valence-electron chi connectivity index (χ1n) is 11.8. The molecule has 0 amide bonds. The summed E-state index contributed by atoms with van der Waals surface area (Å²) in [7, 11) is 0. The zero-order chi connectivity index (χ0) is 22.3. The lowest BCUT2D eigenvalue weighted by Crippen LogP contribution is -2.38. The Labute approximate surface area is 213 Å². The second-order valence-corrected chi connectivity index (χ2v) is 8.72. The van der Waals surface area contributed by atoms with E-state index < -0.39 is 0 Å². The van der Waals surface area contributed by atoms with Crippen molar-refractivity contribution < 1.29 is 9.13 Å². The summed E-state index contributed by atoms with van der Waals surface area (Å²) in [5, 5.41) is 6.67. The molecule has 8 heteroatoms. The fourth-order valence-electron chi connectivity index (χ4n) is 3.85. The van der Waals surface area contributed by atoms with Crippen LogP contribution in [0.25, 0.3) is 0 Å². The summed E-state index contributed by atoms with van der Waals surface area (Å²) in [5.41, 5.74) is 1.97. The van der Waals surface area contributed by atoms with Crippen LogP contribution >= 0.6 is 24.0 Å². The van der Waals surface area contributed by atoms with Crippen LogP contribution in [-0.2, 0) is 6.54 Å². The minimum absolute atomic E-state index is 0. The highest BCUT2D eigenvalue weighted by Gasteiger charge is 2.22. The Hall–Kier alpha value is -2.10. The van der Waals surface area contributed by atoms with Gasteiger partial charge in [-0.1, -0.05) is 6.07 Å². The van der Waals surface area contributed by atoms with Crippen LogP contribution in [0.5, 0.6) is 5.75 Å². The number of rotatable bonds is 9. The molecule has 0 bridgehead atoms. The first-order chi connectivity index (χ1) is 15.6. The van der Waals surface area contributed by atoms with Gasteiger partial charge < -0.3 is 20.3 Å². The number of anilines is 1. The molecule has 2 aromatic rings. The van der Waals surface area contributed by atoms with Crippen LogP contribution < -0.4 is 20.3 Å². The normalized spacial score (nSPS) is 16.8. The van der Waals surface area contributed by atoms with E-state index in [1.54, 1.807) is 12.1 Å². The van der Waals surface area contributed by atoms with Crippen LogP contribution in [-0.4, -0.2) is 37.2 Å². The quantitative estimate of drug-likeness (QED) is 0.253. The number of aliphatic imine (C=N–C) groups is 1. The largest absolute Gasteiger partial charge is 0.490 e. The number of hydrogen-bond acceptors (Lipinski definition) is 4. The van der Waals surface area contributed by atoms with Crippen molar-refractivity contribution in [3.63, 3.8) is 0 Å². The van der Waals surface area contributed by atoms with Crippen molar-refractivity contribution >= 4 is 35.8 Å². The number of hydrogen-bond donors (Lipinski definition) is 2. The summed E-state index contributed by atoms with van der Waals surface area (Å²) in [6.07, 6.45) is 6.69. The van der Waals surface area contributed by atoms with E-state index in [0.29, 0.717) is 30.8 Å². The SMILES string of the molecule is CCNC(=NCc1ccnc(N2CCCC2)c1)NC(C)c1ccc(OCC2CC2)c(F)c1.I. The predicted molar refractivity (Wildman–Crippen MR) is 142 cm³/mol. The third kappa shape index (κ3) is 7.45. The van der Waals surface area contributed by atoms with Crippen molar-refractivity contribution in [3.8, 4) is 5.75 Å². The standard InChI is InChI=1S/C25H34FN5O.HI/c1-3-27-25(29-16-20-10-11-28-24(14-20)31-12-4-5-13-31)30-18(2)21-8-9-23(22(26)15-21)32-17-19-6-7-19;/h8-11,14-15,18-19H,3-7,12-13,16-17H2,1-2H3,(H2,27,29,30);1H. The molecule has 1 atom stereocenters. The van der Waals surface area contributed by atoms with Crippen LogP contribution in [0.2, 0.25) is 0 Å². The lowest BCUT2D eigenvalue weighted by Gasteiger charge is -2.19. The summed E-state index contributed by atoms with van der Waals surface area (Å²) in [6, 6.07) is 9.22. The van der Waals surface area contributed by atoms with Crippen molar-refractivity contribution in [1.29, 1.82) is 0 Å². The van der Waals surface area contributed by atoms with Gasteiger partial charge in [0.05, 0.1) is 19.2 Å². The molecule has 2 heterocycles. The Morgan fingerprint density at radius 1 is 1.24 bits per heavy atom. The highest BCUT2D eigenvalue weighted by atomic mass is 127. The number of guanidine groups is 1. The molecule has 0 radical (unpaired) electrons. The van der Waals surface area contributed by atoms with E-state index in [2.05, 4.69) is 26.6 Å². The minimum Gasteiger partial charge on any atom is -0.490 e. The van der Waals surface area contributed by atoms with Crippen LogP contribution in [0.3, 0.4) is 0 Å². The van der Waals surface area contributed by atoms with Crippen LogP contribution in [0, 0.1) is 11.7 Å². The molecule has 4 rings (SSSR count). The summed E-state index contributed by atoms with van der Waals surface area (Å²) in [6.45, 7) is 8.08. The maximum atomic E-state index is 14.5. The van der Waals surface area contributed by atoms with E-state index in [-0.39, 0.29) is 35.8 Å². The van der Waals surface area contributed by atoms with Crippen LogP contribution in [0.4, 0.5) is 10.2 Å². The van der Waals surface area contributed by atoms with Gasteiger partial charge in [-0.15, -0.1) is 24.0 Å². The van der Waals surface area contributed by atoms with E-state index in [1.807, 2.05) is 32.2 Å². The third-order valence-electron chi connectivity index (χ3n) is 5.98. The molecule has 1 aliphatic heterocycles. The minimum atomic E-state index is -0.315. The van der Waals surface area contributed by atoms with Crippen molar-refractivity contribution in [3.05, 3.63) is 53.5 Å². The lowest BCUT2D eigenvalue weighted by molar-refractivity contribution is 0.285. The van der Waals surface area contributed by atoms with Crippen LogP contribution in [0.1, 0.15) is 56.7 Å². The summed E-state index contributed by atoms with van der Waals surface area (Å²) >= 11 is 0. The lowest BCUT2D eigenvalue weighted by atomic mass is 10.1. The molecule has 1 aliphatic carbocycles. The van der Waals surface area contributed by atoms with Gasteiger partial charge in [0.1, 0.15) is 5.82 Å². The van der Waals surface area contributed by atoms with Gasteiger partial charge in [-0.05, 0) is 80.8 Å². The Morgan fingerprint density at radius 3 is 2.73 bits per heavy atom. The topological polar surface area (TPSA) is 61.8 Å². The molecule has 33 heavy (non-hydrogen) atoms. The number of ether oxygens (including phenoxy) is 1. The van der Waals surface area contributed by atoms with Gasteiger partial charge in [0.25, 0.3) is 0 Å². The first kappa shape index (κ1) is 25.5. The zero-order valence-electron chi connectivity index (χ0n) is 19.5. The third-order valence-corrected chi connectivity index (χ3v) is 5.98. The van der Waals surface area contributed by atoms with Crippen molar-refractivity contribution in [2.24, 2.45) is 10.9 Å². The highest BCUT2D eigenvalue weighted by Crippen LogP contribution is 2.30. The van der Waals surface area contributed by atoms with Gasteiger partial charge in [0.2, 0.25) is 0 Å². The monoisotopic (exact) mass is 567 g/mol. The summed E-state index contributed by atoms with van der Waals surface area (Å²) in [4.78, 5) is 11.6. The van der Waals surface area contributed by atoms with E-state index in [9.17, 15) is 4.39 Å². The molecule has 6 nitrogen and oxygen atoms in total. The molecule has 2 fully saturated rings. The van der Waals surface area contributed by atoms with E-state index in [0.717, 1.165) is 36.6 Å². The predicted octanol–water partition coefficient (Wildman–Crippen LogP) is 5.04. The first-order valence-corrected chi connectivity index (χ1v) is 11.8. The maximum absolute atomic E-state index is 14.5. The molecule has 1 saturated carbocycles. The number of halogens is 2. The number of benzene rings is 1. The van der Waals surface area contributed by atoms with Gasteiger partial charge in [-0.25, -0.2) is 14.4 Å².